The summed E-state index contributed by atoms with van der Waals surface area (Å²) in [6, 6.07) is 8.79. The number of H-pyrrole nitrogens is 1. The van der Waals surface area contributed by atoms with Gasteiger partial charge >= 0.3 is 6.01 Å². The molecule has 4 aromatic rings. The van der Waals surface area contributed by atoms with Crippen LogP contribution in [0, 0.1) is 17.5 Å². The molecule has 0 bridgehead atoms. The highest BCUT2D eigenvalue weighted by molar-refractivity contribution is 5.77. The quantitative estimate of drug-likeness (QED) is 0.559. The zero-order valence-electron chi connectivity index (χ0n) is 11.8. The number of nitrogens with one attached hydrogen (secondary N) is 2. The van der Waals surface area contributed by atoms with E-state index in [4.69, 9.17) is 4.42 Å². The van der Waals surface area contributed by atoms with E-state index in [9.17, 15) is 13.2 Å². The Balaban J connectivity index is 1.63. The third-order valence-electron chi connectivity index (χ3n) is 3.25. The Hall–Kier alpha value is -3.36. The first-order chi connectivity index (χ1) is 11.6. The number of halogens is 3. The molecule has 2 N–H and O–H groups in total. The second-order valence-electron chi connectivity index (χ2n) is 4.89. The van der Waals surface area contributed by atoms with Crippen molar-refractivity contribution in [2.24, 2.45) is 0 Å². The van der Waals surface area contributed by atoms with Gasteiger partial charge < -0.3 is 14.7 Å². The second kappa shape index (κ2) is 5.37. The number of imidazole rings is 1. The molecule has 9 heteroatoms. The average Bonchev–Trinajstić information content (AvgIpc) is 3.18. The van der Waals surface area contributed by atoms with Crippen LogP contribution in [0.3, 0.4) is 0 Å². The summed E-state index contributed by atoms with van der Waals surface area (Å²) >= 11 is 0. The minimum atomic E-state index is -1.55. The first-order valence-corrected chi connectivity index (χ1v) is 6.80. The molecule has 0 radical (unpaired) electrons. The number of hydrogen-bond donors (Lipinski definition) is 2. The zero-order valence-corrected chi connectivity index (χ0v) is 11.8. The molecule has 120 valence electrons. The Kier molecular flexibility index (Phi) is 3.19. The zero-order chi connectivity index (χ0) is 16.7. The lowest BCUT2D eigenvalue weighted by Gasteiger charge is -2.02. The van der Waals surface area contributed by atoms with Crippen molar-refractivity contribution in [3.05, 3.63) is 53.8 Å². The van der Waals surface area contributed by atoms with Gasteiger partial charge in [-0.2, -0.15) is 0 Å². The fourth-order valence-electron chi connectivity index (χ4n) is 2.17. The summed E-state index contributed by atoms with van der Waals surface area (Å²) in [6.07, 6.45) is 0. The molecule has 0 aliphatic carbocycles. The van der Waals surface area contributed by atoms with Crippen LogP contribution in [0.25, 0.3) is 22.7 Å². The monoisotopic (exact) mass is 331 g/mol. The van der Waals surface area contributed by atoms with Gasteiger partial charge in [0, 0.05) is 17.8 Å². The molecule has 0 atom stereocenters. The van der Waals surface area contributed by atoms with Crippen molar-refractivity contribution in [2.75, 3.05) is 5.32 Å². The van der Waals surface area contributed by atoms with Gasteiger partial charge in [0.25, 0.3) is 5.89 Å². The van der Waals surface area contributed by atoms with Crippen LogP contribution in [-0.2, 0) is 0 Å². The highest BCUT2D eigenvalue weighted by Gasteiger charge is 2.15. The summed E-state index contributed by atoms with van der Waals surface area (Å²) in [5.41, 5.74) is 1.46. The first kappa shape index (κ1) is 14.2. The summed E-state index contributed by atoms with van der Waals surface area (Å²) in [6.45, 7) is 0. The molecule has 0 fully saturated rings. The summed E-state index contributed by atoms with van der Waals surface area (Å²) in [5, 5.41) is 10.0. The largest absolute Gasteiger partial charge is 0.400 e. The van der Waals surface area contributed by atoms with E-state index in [2.05, 4.69) is 25.5 Å². The molecular weight excluding hydrogens is 323 g/mol. The van der Waals surface area contributed by atoms with Crippen LogP contribution in [0.5, 0.6) is 0 Å². The number of hydrogen-bond acceptors (Lipinski definition) is 5. The lowest BCUT2D eigenvalue weighted by atomic mass is 10.3. The molecule has 0 saturated heterocycles. The van der Waals surface area contributed by atoms with E-state index >= 15 is 0 Å². The number of aromatic nitrogens is 4. The molecule has 2 aromatic heterocycles. The van der Waals surface area contributed by atoms with Crippen molar-refractivity contribution in [2.45, 2.75) is 0 Å². The number of rotatable bonds is 3. The molecule has 0 aliphatic heterocycles. The van der Waals surface area contributed by atoms with Crippen molar-refractivity contribution in [1.29, 1.82) is 0 Å². The molecule has 4 rings (SSSR count). The van der Waals surface area contributed by atoms with Crippen LogP contribution < -0.4 is 5.32 Å². The SMILES string of the molecule is Fc1cc(Nc2nnc(-c3nc4ccccc4[nH]3)o2)cc(F)c1F. The Morgan fingerprint density at radius 2 is 1.75 bits per heavy atom. The van der Waals surface area contributed by atoms with E-state index < -0.39 is 17.5 Å². The summed E-state index contributed by atoms with van der Waals surface area (Å²) in [5.74, 6) is -3.75. The highest BCUT2D eigenvalue weighted by Crippen LogP contribution is 2.24. The van der Waals surface area contributed by atoms with Crippen molar-refractivity contribution < 1.29 is 17.6 Å². The Morgan fingerprint density at radius 3 is 2.50 bits per heavy atom. The van der Waals surface area contributed by atoms with Crippen LogP contribution in [0.2, 0.25) is 0 Å². The number of benzene rings is 2. The molecule has 6 nitrogen and oxygen atoms in total. The van der Waals surface area contributed by atoms with Crippen LogP contribution in [0.4, 0.5) is 24.9 Å². The standard InChI is InChI=1S/C15H8F3N5O/c16-8-5-7(6-9(17)12(8)18)19-15-23-22-14(24-15)13-20-10-3-1-2-4-11(10)21-13/h1-6H,(H,19,23)(H,20,21). The van der Waals surface area contributed by atoms with Crippen molar-refractivity contribution in [3.63, 3.8) is 0 Å². The van der Waals surface area contributed by atoms with Crippen molar-refractivity contribution >= 4 is 22.7 Å². The smallest absolute Gasteiger partial charge is 0.320 e. The predicted octanol–water partition coefficient (Wildman–Crippen LogP) is 3.77. The van der Waals surface area contributed by atoms with Crippen LogP contribution in [0.15, 0.2) is 40.8 Å². The minimum Gasteiger partial charge on any atom is -0.400 e. The van der Waals surface area contributed by atoms with E-state index in [0.717, 1.165) is 23.2 Å². The van der Waals surface area contributed by atoms with Crippen molar-refractivity contribution in [3.8, 4) is 11.7 Å². The Labute approximate surface area is 132 Å². The number of nitrogens with zero attached hydrogens (tertiary/aromatic N) is 3. The van der Waals surface area contributed by atoms with Gasteiger partial charge in [-0.05, 0) is 12.1 Å². The lowest BCUT2D eigenvalue weighted by Crippen LogP contribution is -1.96. The maximum Gasteiger partial charge on any atom is 0.320 e. The van der Waals surface area contributed by atoms with E-state index in [1.807, 2.05) is 24.3 Å². The molecule has 0 unspecified atom stereocenters. The van der Waals surface area contributed by atoms with Gasteiger partial charge in [0.15, 0.2) is 23.3 Å². The molecule has 24 heavy (non-hydrogen) atoms. The molecule has 0 saturated carbocycles. The average molecular weight is 331 g/mol. The third kappa shape index (κ3) is 2.45. The third-order valence-corrected chi connectivity index (χ3v) is 3.25. The van der Waals surface area contributed by atoms with E-state index in [1.54, 1.807) is 0 Å². The van der Waals surface area contributed by atoms with Gasteiger partial charge in [-0.15, -0.1) is 5.10 Å². The van der Waals surface area contributed by atoms with Gasteiger partial charge in [0.2, 0.25) is 0 Å². The summed E-state index contributed by atoms with van der Waals surface area (Å²) in [7, 11) is 0. The van der Waals surface area contributed by atoms with E-state index in [1.165, 1.54) is 0 Å². The highest BCUT2D eigenvalue weighted by atomic mass is 19.2. The second-order valence-corrected chi connectivity index (χ2v) is 4.89. The normalized spacial score (nSPS) is 11.1. The molecule has 0 amide bonds. The Bertz CT molecular complexity index is 986. The van der Waals surface area contributed by atoms with Crippen molar-refractivity contribution in [1.82, 2.24) is 20.2 Å². The first-order valence-electron chi connectivity index (χ1n) is 6.80. The van der Waals surface area contributed by atoms with E-state index in [-0.39, 0.29) is 17.6 Å². The maximum absolute atomic E-state index is 13.2. The van der Waals surface area contributed by atoms with Gasteiger partial charge in [0.05, 0.1) is 11.0 Å². The predicted molar refractivity (Wildman–Crippen MR) is 79.0 cm³/mol. The van der Waals surface area contributed by atoms with Crippen LogP contribution in [0.1, 0.15) is 0 Å². The molecule has 0 spiro atoms. The fraction of sp³-hybridized carbons (Fsp3) is 0. The minimum absolute atomic E-state index is 0.0637. The van der Waals surface area contributed by atoms with Gasteiger partial charge in [-0.3, -0.25) is 0 Å². The van der Waals surface area contributed by atoms with Gasteiger partial charge in [-0.25, -0.2) is 18.2 Å². The van der Waals surface area contributed by atoms with E-state index in [0.29, 0.717) is 5.82 Å². The van der Waals surface area contributed by atoms with Gasteiger partial charge in [-0.1, -0.05) is 17.2 Å². The number of fused-ring (bicyclic) bond motifs is 1. The summed E-state index contributed by atoms with van der Waals surface area (Å²) in [4.78, 5) is 7.30. The topological polar surface area (TPSA) is 79.6 Å². The van der Waals surface area contributed by atoms with Gasteiger partial charge in [0.1, 0.15) is 0 Å². The molecule has 2 heterocycles. The number of aromatic amines is 1. The summed E-state index contributed by atoms with van der Waals surface area (Å²) < 4.78 is 44.7. The fourth-order valence-corrected chi connectivity index (χ4v) is 2.17. The molecule has 2 aromatic carbocycles. The molecular formula is C15H8F3N5O. The lowest BCUT2D eigenvalue weighted by molar-refractivity contribution is 0.447. The Morgan fingerprint density at radius 1 is 1.00 bits per heavy atom. The number of anilines is 2. The number of para-hydroxylation sites is 2. The maximum atomic E-state index is 13.2. The van der Waals surface area contributed by atoms with Crippen LogP contribution in [-0.4, -0.2) is 20.2 Å². The molecule has 0 aliphatic rings. The van der Waals surface area contributed by atoms with Crippen LogP contribution >= 0.6 is 0 Å².